The van der Waals surface area contributed by atoms with Crippen LogP contribution in [-0.4, -0.2) is 26.8 Å². The Balaban J connectivity index is 1.52. The maximum absolute atomic E-state index is 5.79. The van der Waals surface area contributed by atoms with E-state index in [1.54, 1.807) is 0 Å². The van der Waals surface area contributed by atoms with Gasteiger partial charge in [0.05, 0.1) is 17.6 Å². The highest BCUT2D eigenvalue weighted by Gasteiger charge is 2.12. The van der Waals surface area contributed by atoms with Crippen molar-refractivity contribution in [2.75, 3.05) is 6.61 Å². The van der Waals surface area contributed by atoms with Crippen molar-refractivity contribution < 1.29 is 9.15 Å². The van der Waals surface area contributed by atoms with Gasteiger partial charge in [-0.1, -0.05) is 56.3 Å². The lowest BCUT2D eigenvalue weighted by atomic mass is 10.1. The molecule has 0 saturated heterocycles. The van der Waals surface area contributed by atoms with E-state index < -0.39 is 0 Å². The van der Waals surface area contributed by atoms with Crippen molar-refractivity contribution in [2.45, 2.75) is 39.5 Å². The van der Waals surface area contributed by atoms with Gasteiger partial charge in [-0.2, -0.15) is 0 Å². The van der Waals surface area contributed by atoms with Crippen LogP contribution in [0, 0.1) is 0 Å². The predicted molar refractivity (Wildman–Crippen MR) is 122 cm³/mol. The second-order valence-electron chi connectivity index (χ2n) is 7.55. The van der Waals surface area contributed by atoms with Gasteiger partial charge in [0.2, 0.25) is 17.7 Å². The average molecular weight is 415 g/mol. The van der Waals surface area contributed by atoms with E-state index in [9.17, 15) is 0 Å². The molecule has 0 unspecified atom stereocenters. The third kappa shape index (κ3) is 4.97. The van der Waals surface area contributed by atoms with Crippen molar-refractivity contribution in [2.24, 2.45) is 0 Å². The van der Waals surface area contributed by atoms with E-state index >= 15 is 0 Å². The summed E-state index contributed by atoms with van der Waals surface area (Å²) in [6, 6.07) is 16.1. The number of nitrogens with zero attached hydrogens (tertiary/aromatic N) is 4. The van der Waals surface area contributed by atoms with Gasteiger partial charge < -0.3 is 9.15 Å². The molecule has 0 N–H and O–H groups in total. The van der Waals surface area contributed by atoms with Gasteiger partial charge in [-0.05, 0) is 37.1 Å². The normalized spacial score (nSPS) is 11.6. The maximum atomic E-state index is 5.79. The van der Waals surface area contributed by atoms with E-state index in [1.807, 2.05) is 57.2 Å². The van der Waals surface area contributed by atoms with E-state index in [-0.39, 0.29) is 5.92 Å². The molecule has 0 atom stereocenters. The molecule has 31 heavy (non-hydrogen) atoms. The summed E-state index contributed by atoms with van der Waals surface area (Å²) >= 11 is 0. The highest BCUT2D eigenvalue weighted by molar-refractivity contribution is 5.80. The van der Waals surface area contributed by atoms with Crippen molar-refractivity contribution in [1.82, 2.24) is 20.2 Å². The van der Waals surface area contributed by atoms with Crippen LogP contribution in [0.25, 0.3) is 28.4 Å². The first-order valence-electron chi connectivity index (χ1n) is 10.6. The number of aryl methyl sites for hydroxylation is 1. The molecule has 0 aliphatic heterocycles. The van der Waals surface area contributed by atoms with Crippen LogP contribution in [0.5, 0.6) is 5.88 Å². The highest BCUT2D eigenvalue weighted by atomic mass is 16.5. The molecule has 0 saturated carbocycles. The van der Waals surface area contributed by atoms with Crippen LogP contribution in [0.2, 0.25) is 0 Å². The second-order valence-corrected chi connectivity index (χ2v) is 7.55. The van der Waals surface area contributed by atoms with Crippen LogP contribution in [0.15, 0.2) is 59.0 Å². The molecule has 0 aliphatic carbocycles. The van der Waals surface area contributed by atoms with Gasteiger partial charge in [0.25, 0.3) is 0 Å². The Morgan fingerprint density at radius 2 is 1.81 bits per heavy atom. The summed E-state index contributed by atoms with van der Waals surface area (Å²) in [7, 11) is 0. The van der Waals surface area contributed by atoms with Gasteiger partial charge in [0.15, 0.2) is 0 Å². The second kappa shape index (κ2) is 9.51. The molecule has 0 aliphatic rings. The first-order chi connectivity index (χ1) is 15.1. The molecule has 6 nitrogen and oxygen atoms in total. The van der Waals surface area contributed by atoms with Crippen LogP contribution >= 0.6 is 0 Å². The Labute approximate surface area is 182 Å². The molecular formula is C25H26N4O2. The third-order valence-electron chi connectivity index (χ3n) is 4.79. The Morgan fingerprint density at radius 3 is 2.55 bits per heavy atom. The van der Waals surface area contributed by atoms with Crippen molar-refractivity contribution in [3.63, 3.8) is 0 Å². The minimum atomic E-state index is 0.249. The van der Waals surface area contributed by atoms with Gasteiger partial charge in [0, 0.05) is 17.9 Å². The van der Waals surface area contributed by atoms with E-state index in [0.29, 0.717) is 24.3 Å². The zero-order valence-electron chi connectivity index (χ0n) is 18.1. The predicted octanol–water partition coefficient (Wildman–Crippen LogP) is 5.85. The quantitative estimate of drug-likeness (QED) is 0.360. The van der Waals surface area contributed by atoms with Crippen LogP contribution in [0.1, 0.15) is 50.5 Å². The zero-order chi connectivity index (χ0) is 21.6. The third-order valence-corrected chi connectivity index (χ3v) is 4.79. The number of aromatic nitrogens is 4. The largest absolute Gasteiger partial charge is 0.476 e. The topological polar surface area (TPSA) is 73.9 Å². The monoisotopic (exact) mass is 414 g/mol. The fourth-order valence-corrected chi connectivity index (χ4v) is 3.23. The standard InChI is InChI=1S/C25H26N4O2/c1-4-30-25-23(26-20-13-6-7-14-21(20)27-25)19-12-9-11-18(16-19)10-5-8-15-22-28-29-24(31-22)17(2)3/h5-7,9-14,16-17H,4,8,15H2,1-3H3/b10-5+. The van der Waals surface area contributed by atoms with Crippen LogP contribution < -0.4 is 4.74 Å². The molecule has 0 fully saturated rings. The van der Waals surface area contributed by atoms with E-state index in [1.165, 1.54) is 0 Å². The van der Waals surface area contributed by atoms with Gasteiger partial charge in [0.1, 0.15) is 5.69 Å². The summed E-state index contributed by atoms with van der Waals surface area (Å²) < 4.78 is 11.5. The van der Waals surface area contributed by atoms with Crippen molar-refractivity contribution >= 4 is 17.1 Å². The molecule has 0 bridgehead atoms. The summed E-state index contributed by atoms with van der Waals surface area (Å²) in [5.74, 6) is 2.17. The van der Waals surface area contributed by atoms with Crippen molar-refractivity contribution in [3.05, 3.63) is 72.0 Å². The lowest BCUT2D eigenvalue weighted by Gasteiger charge is -2.10. The molecule has 0 spiro atoms. The Bertz CT molecular complexity index is 1200. The first-order valence-corrected chi connectivity index (χ1v) is 10.6. The minimum absolute atomic E-state index is 0.249. The van der Waals surface area contributed by atoms with E-state index in [4.69, 9.17) is 14.1 Å². The number of benzene rings is 2. The van der Waals surface area contributed by atoms with Gasteiger partial charge in [-0.25, -0.2) is 9.97 Å². The van der Waals surface area contributed by atoms with Crippen LogP contribution in [0.3, 0.4) is 0 Å². The molecule has 6 heteroatoms. The van der Waals surface area contributed by atoms with E-state index in [2.05, 4.69) is 39.5 Å². The highest BCUT2D eigenvalue weighted by Crippen LogP contribution is 2.29. The Kier molecular flexibility index (Phi) is 6.36. The SMILES string of the molecule is CCOc1nc2ccccc2nc1-c1cccc(/C=C/CCc2nnc(C(C)C)o2)c1. The minimum Gasteiger partial charge on any atom is -0.476 e. The molecule has 2 aromatic carbocycles. The molecule has 0 radical (unpaired) electrons. The molecule has 158 valence electrons. The lowest BCUT2D eigenvalue weighted by molar-refractivity contribution is 0.328. The molecule has 4 rings (SSSR count). The lowest BCUT2D eigenvalue weighted by Crippen LogP contribution is -2.00. The molecule has 0 amide bonds. The summed E-state index contributed by atoms with van der Waals surface area (Å²) in [6.07, 6.45) is 5.76. The van der Waals surface area contributed by atoms with Crippen molar-refractivity contribution in [1.29, 1.82) is 0 Å². The number of hydrogen-bond donors (Lipinski definition) is 0. The summed E-state index contributed by atoms with van der Waals surface area (Å²) in [4.78, 5) is 9.49. The Hall–Kier alpha value is -3.54. The summed E-state index contributed by atoms with van der Waals surface area (Å²) in [6.45, 7) is 6.57. The van der Waals surface area contributed by atoms with Gasteiger partial charge >= 0.3 is 0 Å². The van der Waals surface area contributed by atoms with Crippen LogP contribution in [-0.2, 0) is 6.42 Å². The Morgan fingerprint density at radius 1 is 1.00 bits per heavy atom. The van der Waals surface area contributed by atoms with Crippen molar-refractivity contribution in [3.8, 4) is 17.1 Å². The number of ether oxygens (including phenoxy) is 1. The summed E-state index contributed by atoms with van der Waals surface area (Å²) in [5.41, 5.74) is 4.49. The van der Waals surface area contributed by atoms with Gasteiger partial charge in [-0.3, -0.25) is 0 Å². The smallest absolute Gasteiger partial charge is 0.241 e. The fraction of sp³-hybridized carbons (Fsp3) is 0.280. The molecule has 2 heterocycles. The first kappa shape index (κ1) is 20.7. The van der Waals surface area contributed by atoms with E-state index in [0.717, 1.165) is 40.7 Å². The fourth-order valence-electron chi connectivity index (χ4n) is 3.23. The molecule has 2 aromatic heterocycles. The average Bonchev–Trinajstić information content (AvgIpc) is 3.26. The number of allylic oxidation sites excluding steroid dienone is 1. The number of hydrogen-bond acceptors (Lipinski definition) is 6. The zero-order valence-corrected chi connectivity index (χ0v) is 18.1. The molecular weight excluding hydrogens is 388 g/mol. The number of rotatable bonds is 8. The number of para-hydroxylation sites is 2. The number of fused-ring (bicyclic) bond motifs is 1. The summed E-state index contributed by atoms with van der Waals surface area (Å²) in [5, 5.41) is 8.19. The van der Waals surface area contributed by atoms with Crippen LogP contribution in [0.4, 0.5) is 0 Å². The maximum Gasteiger partial charge on any atom is 0.241 e. The van der Waals surface area contributed by atoms with Gasteiger partial charge in [-0.15, -0.1) is 10.2 Å². The molecule has 4 aromatic rings.